The van der Waals surface area contributed by atoms with Crippen molar-refractivity contribution in [2.75, 3.05) is 29.1 Å². The number of nitrogen functional groups attached to an aromatic ring is 1. The van der Waals surface area contributed by atoms with Gasteiger partial charge in [-0.2, -0.15) is 5.10 Å². The number of nitrogens with zero attached hydrogens (tertiary/aromatic N) is 4. The summed E-state index contributed by atoms with van der Waals surface area (Å²) in [5.74, 6) is 7.33. The Labute approximate surface area is 197 Å². The maximum Gasteiger partial charge on any atom is 0.264 e. The Balaban J connectivity index is 1.35. The highest BCUT2D eigenvalue weighted by Crippen LogP contribution is 2.33. The number of carbonyl (C=O) groups is 1. The number of halogens is 2. The smallest absolute Gasteiger partial charge is 0.264 e. The van der Waals surface area contributed by atoms with Crippen molar-refractivity contribution in [2.45, 2.75) is 12.1 Å². The molecule has 2 aromatic carbocycles. The average molecular weight is 494 g/mol. The summed E-state index contributed by atoms with van der Waals surface area (Å²) < 4.78 is 11.9. The Bertz CT molecular complexity index is 1200. The number of ether oxygens (including phenoxy) is 2. The molecule has 0 saturated heterocycles. The van der Waals surface area contributed by atoms with Crippen LogP contribution in [0.4, 0.5) is 11.6 Å². The topological polar surface area (TPSA) is 129 Å². The third-order valence-electron chi connectivity index (χ3n) is 4.34. The molecule has 4 rings (SSSR count). The first-order valence-corrected chi connectivity index (χ1v) is 10.9. The highest BCUT2D eigenvalue weighted by molar-refractivity contribution is 7.99. The van der Waals surface area contributed by atoms with E-state index in [1.54, 1.807) is 18.2 Å². The van der Waals surface area contributed by atoms with E-state index in [0.717, 1.165) is 17.3 Å². The van der Waals surface area contributed by atoms with Crippen LogP contribution in [-0.2, 0) is 4.79 Å². The minimum absolute atomic E-state index is 0.0394. The molecule has 0 bridgehead atoms. The fraction of sp³-hybridized carbons (Fsp3) is 0.158. The highest BCUT2D eigenvalue weighted by Gasteiger charge is 2.15. The lowest BCUT2D eigenvalue weighted by molar-refractivity contribution is -0.113. The van der Waals surface area contributed by atoms with Gasteiger partial charge in [0.25, 0.3) is 5.95 Å². The van der Waals surface area contributed by atoms with Crippen molar-refractivity contribution < 1.29 is 14.3 Å². The number of anilines is 2. The van der Waals surface area contributed by atoms with E-state index in [-0.39, 0.29) is 29.4 Å². The van der Waals surface area contributed by atoms with Gasteiger partial charge in [-0.3, -0.25) is 4.79 Å². The molecule has 0 aliphatic carbocycles. The number of thioether (sulfide) groups is 1. The maximum atomic E-state index is 12.2. The predicted octanol–water partition coefficient (Wildman–Crippen LogP) is 3.59. The van der Waals surface area contributed by atoms with Crippen LogP contribution in [0, 0.1) is 0 Å². The first-order valence-electron chi connectivity index (χ1n) is 9.20. The van der Waals surface area contributed by atoms with Crippen LogP contribution in [0.15, 0.2) is 46.7 Å². The van der Waals surface area contributed by atoms with Gasteiger partial charge in [-0.1, -0.05) is 41.0 Å². The fourth-order valence-electron chi connectivity index (χ4n) is 2.69. The average Bonchev–Trinajstić information content (AvgIpc) is 3.39. The summed E-state index contributed by atoms with van der Waals surface area (Å²) in [6.07, 6.45) is 0. The van der Waals surface area contributed by atoms with Gasteiger partial charge in [-0.25, -0.2) is 10.1 Å². The molecule has 166 valence electrons. The number of nitrogens with two attached hydrogens (primary N) is 1. The molecular weight excluding hydrogens is 477 g/mol. The number of hydrogen-bond donors (Lipinski definition) is 3. The lowest BCUT2D eigenvalue weighted by atomic mass is 10.1. The number of hydrazone groups is 1. The number of rotatable bonds is 7. The van der Waals surface area contributed by atoms with Crippen LogP contribution in [0.1, 0.15) is 12.5 Å². The maximum absolute atomic E-state index is 12.2. The molecule has 0 radical (unpaired) electrons. The minimum Gasteiger partial charge on any atom is -0.454 e. The number of nitrogens with one attached hydrogen (secondary N) is 2. The van der Waals surface area contributed by atoms with E-state index >= 15 is 0 Å². The van der Waals surface area contributed by atoms with Crippen LogP contribution in [0.2, 0.25) is 10.0 Å². The summed E-state index contributed by atoms with van der Waals surface area (Å²) >= 11 is 13.1. The highest BCUT2D eigenvalue weighted by atomic mass is 35.5. The molecule has 32 heavy (non-hydrogen) atoms. The van der Waals surface area contributed by atoms with Crippen LogP contribution < -0.4 is 26.1 Å². The van der Waals surface area contributed by atoms with Crippen molar-refractivity contribution in [3.05, 3.63) is 52.0 Å². The predicted molar refractivity (Wildman–Crippen MR) is 124 cm³/mol. The summed E-state index contributed by atoms with van der Waals surface area (Å²) in [4.78, 5) is 12.2. The lowest BCUT2D eigenvalue weighted by Gasteiger charge is -2.08. The molecular formula is C19H17Cl2N7O3S. The molecule has 1 aliphatic rings. The molecule has 0 fully saturated rings. The van der Waals surface area contributed by atoms with Crippen molar-refractivity contribution in [1.82, 2.24) is 14.9 Å². The van der Waals surface area contributed by atoms with Gasteiger partial charge in [0.1, 0.15) is 0 Å². The summed E-state index contributed by atoms with van der Waals surface area (Å²) in [5, 5.41) is 15.9. The van der Waals surface area contributed by atoms with Crippen LogP contribution in [0.5, 0.6) is 11.5 Å². The van der Waals surface area contributed by atoms with Crippen molar-refractivity contribution >= 4 is 58.2 Å². The Morgan fingerprint density at radius 3 is 2.91 bits per heavy atom. The Morgan fingerprint density at radius 1 is 1.25 bits per heavy atom. The van der Waals surface area contributed by atoms with Crippen molar-refractivity contribution in [3.63, 3.8) is 0 Å². The number of aromatic nitrogens is 3. The first-order chi connectivity index (χ1) is 15.4. The van der Waals surface area contributed by atoms with Crippen LogP contribution in [0.25, 0.3) is 0 Å². The molecule has 0 saturated carbocycles. The van der Waals surface area contributed by atoms with Gasteiger partial charge in [0.15, 0.2) is 11.5 Å². The molecule has 0 unspecified atom stereocenters. The van der Waals surface area contributed by atoms with Gasteiger partial charge in [-0.05, 0) is 37.3 Å². The molecule has 1 aromatic heterocycles. The monoisotopic (exact) mass is 493 g/mol. The minimum atomic E-state index is -0.298. The molecule has 13 heteroatoms. The Hall–Kier alpha value is -3.15. The zero-order chi connectivity index (χ0) is 22.7. The van der Waals surface area contributed by atoms with E-state index in [1.165, 1.54) is 4.68 Å². The standard InChI is InChI=1S/C19H17Cl2N7O3S/c1-10(11-5-6-14-15(7-11)31-9-30-14)24-25-18-26-27-19(28(18)22)32-8-16(29)23-13-4-2-3-12(20)17(13)21/h2-7H,8-9,22H2,1H3,(H,23,29)(H,25,26)/b24-10+. The first kappa shape index (κ1) is 22.1. The van der Waals surface area contributed by atoms with Crippen LogP contribution in [-0.4, -0.2) is 39.0 Å². The number of hydrogen-bond acceptors (Lipinski definition) is 9. The summed E-state index contributed by atoms with van der Waals surface area (Å²) in [6.45, 7) is 2.02. The molecule has 1 amide bonds. The van der Waals surface area contributed by atoms with E-state index in [9.17, 15) is 4.79 Å². The van der Waals surface area contributed by atoms with Crippen LogP contribution in [0.3, 0.4) is 0 Å². The van der Waals surface area contributed by atoms with Crippen molar-refractivity contribution in [3.8, 4) is 11.5 Å². The van der Waals surface area contributed by atoms with Crippen molar-refractivity contribution in [2.24, 2.45) is 5.10 Å². The summed E-state index contributed by atoms with van der Waals surface area (Å²) in [7, 11) is 0. The van der Waals surface area contributed by atoms with E-state index < -0.39 is 0 Å². The van der Waals surface area contributed by atoms with E-state index in [4.69, 9.17) is 38.5 Å². The van der Waals surface area contributed by atoms with Gasteiger partial charge in [0.2, 0.25) is 17.9 Å². The zero-order valence-corrected chi connectivity index (χ0v) is 19.0. The molecule has 10 nitrogen and oxygen atoms in total. The second-order valence-corrected chi connectivity index (χ2v) is 8.22. The van der Waals surface area contributed by atoms with Gasteiger partial charge in [-0.15, -0.1) is 10.2 Å². The molecule has 0 spiro atoms. The number of benzene rings is 2. The second kappa shape index (κ2) is 9.55. The Morgan fingerprint density at radius 2 is 2.06 bits per heavy atom. The molecule has 3 aromatic rings. The van der Waals surface area contributed by atoms with Crippen molar-refractivity contribution in [1.29, 1.82) is 0 Å². The van der Waals surface area contributed by atoms with Gasteiger partial charge < -0.3 is 20.6 Å². The quantitative estimate of drug-likeness (QED) is 0.197. The largest absolute Gasteiger partial charge is 0.454 e. The van der Waals surface area contributed by atoms with Gasteiger partial charge >= 0.3 is 0 Å². The lowest BCUT2D eigenvalue weighted by Crippen LogP contribution is -2.17. The molecule has 1 aliphatic heterocycles. The zero-order valence-electron chi connectivity index (χ0n) is 16.6. The fourth-order valence-corrected chi connectivity index (χ4v) is 3.69. The number of amides is 1. The molecule has 0 atom stereocenters. The molecule has 2 heterocycles. The summed E-state index contributed by atoms with van der Waals surface area (Å²) in [5.41, 5.74) is 4.72. The number of fused-ring (bicyclic) bond motifs is 1. The van der Waals surface area contributed by atoms with E-state index in [0.29, 0.717) is 33.1 Å². The van der Waals surface area contributed by atoms with E-state index in [1.807, 2.05) is 25.1 Å². The third kappa shape index (κ3) is 4.85. The van der Waals surface area contributed by atoms with Gasteiger partial charge in [0, 0.05) is 5.56 Å². The Kier molecular flexibility index (Phi) is 6.58. The van der Waals surface area contributed by atoms with Crippen LogP contribution >= 0.6 is 35.0 Å². The molecule has 4 N–H and O–H groups in total. The van der Waals surface area contributed by atoms with Gasteiger partial charge in [0.05, 0.1) is 27.2 Å². The second-order valence-electron chi connectivity index (χ2n) is 6.49. The normalized spacial score (nSPS) is 12.7. The summed E-state index contributed by atoms with van der Waals surface area (Å²) in [6, 6.07) is 10.5. The SMILES string of the molecule is C/C(=N\Nc1nnc(SCC(=O)Nc2cccc(Cl)c2Cl)n1N)c1ccc2c(c1)OCO2. The third-order valence-corrected chi connectivity index (χ3v) is 6.10. The number of carbonyl (C=O) groups excluding carboxylic acids is 1. The van der Waals surface area contributed by atoms with E-state index in [2.05, 4.69) is 26.0 Å².